The highest BCUT2D eigenvalue weighted by atomic mass is 16.2. The number of nitrogens with one attached hydrogen (secondary N) is 2. The van der Waals surface area contributed by atoms with Gasteiger partial charge in [-0.1, -0.05) is 30.3 Å². The van der Waals surface area contributed by atoms with Gasteiger partial charge in [-0.25, -0.2) is 4.79 Å². The van der Waals surface area contributed by atoms with Gasteiger partial charge < -0.3 is 5.32 Å². The Morgan fingerprint density at radius 1 is 1.08 bits per heavy atom. The first kappa shape index (κ1) is 7.79. The number of carbonyl (C=O) groups excluding carboxylic acids is 2. The quantitative estimate of drug-likeness (QED) is 0.613. The van der Waals surface area contributed by atoms with Gasteiger partial charge in [0.2, 0.25) is 0 Å². The Balaban J connectivity index is 2.28. The van der Waals surface area contributed by atoms with Crippen molar-refractivity contribution in [3.8, 4) is 0 Å². The molecule has 3 amide bonds. The highest BCUT2D eigenvalue weighted by Crippen LogP contribution is 2.15. The summed E-state index contributed by atoms with van der Waals surface area (Å²) in [7, 11) is 0. The van der Waals surface area contributed by atoms with Crippen LogP contribution in [-0.2, 0) is 4.79 Å². The van der Waals surface area contributed by atoms with Crippen molar-refractivity contribution in [2.45, 2.75) is 6.04 Å². The second-order valence-electron chi connectivity index (χ2n) is 2.81. The molecule has 4 heteroatoms. The average molecular weight is 175 g/mol. The Morgan fingerprint density at radius 3 is 2.31 bits per heavy atom. The van der Waals surface area contributed by atoms with Crippen LogP contribution in [0.1, 0.15) is 11.6 Å². The van der Waals surface area contributed by atoms with Gasteiger partial charge in [-0.05, 0) is 5.56 Å². The first-order valence-corrected chi connectivity index (χ1v) is 3.93. The third kappa shape index (κ3) is 1.38. The molecule has 1 atom stereocenters. The van der Waals surface area contributed by atoms with Gasteiger partial charge in [0, 0.05) is 0 Å². The molecule has 0 radical (unpaired) electrons. The average Bonchev–Trinajstić information content (AvgIpc) is 2.47. The largest absolute Gasteiger partial charge is 0.322 e. The summed E-state index contributed by atoms with van der Waals surface area (Å²) in [5.74, 6) is -0.295. The molecule has 1 aliphatic heterocycles. The van der Waals surface area contributed by atoms with Crippen LogP contribution in [0.4, 0.5) is 4.79 Å². The third-order valence-corrected chi connectivity index (χ3v) is 1.91. The number of hydrogen-bond acceptors (Lipinski definition) is 2. The maximum absolute atomic E-state index is 11.2. The van der Waals surface area contributed by atoms with E-state index in [1.165, 1.54) is 0 Å². The summed E-state index contributed by atoms with van der Waals surface area (Å²) in [6, 6.07) is 8.15. The van der Waals surface area contributed by atoms with Crippen molar-refractivity contribution in [2.75, 3.05) is 0 Å². The number of imide groups is 1. The Morgan fingerprint density at radius 2 is 1.77 bits per heavy atom. The summed E-state index contributed by atoms with van der Waals surface area (Å²) < 4.78 is 0. The molecule has 1 unspecified atom stereocenters. The molecule has 0 aromatic heterocycles. The molecule has 0 saturated carbocycles. The molecule has 2 N–H and O–H groups in total. The lowest BCUT2D eigenvalue weighted by molar-refractivity contribution is -0.120. The van der Waals surface area contributed by atoms with Gasteiger partial charge in [-0.3, -0.25) is 10.1 Å². The maximum atomic E-state index is 11.2. The van der Waals surface area contributed by atoms with Crippen molar-refractivity contribution < 1.29 is 9.59 Å². The van der Waals surface area contributed by atoms with E-state index in [2.05, 4.69) is 10.6 Å². The van der Waals surface area contributed by atoms with Gasteiger partial charge in [0.1, 0.15) is 6.04 Å². The molecule has 0 bridgehead atoms. The third-order valence-electron chi connectivity index (χ3n) is 1.91. The molecule has 2 rings (SSSR count). The Kier molecular flexibility index (Phi) is 1.73. The van der Waals surface area contributed by atoms with Crippen LogP contribution in [0.3, 0.4) is 0 Å². The first-order valence-electron chi connectivity index (χ1n) is 3.93. The van der Waals surface area contributed by atoms with E-state index in [-0.39, 0.29) is 5.91 Å². The normalized spacial score (nSPS) is 21.1. The van der Waals surface area contributed by atoms with Gasteiger partial charge in [0.15, 0.2) is 0 Å². The van der Waals surface area contributed by atoms with E-state index in [0.717, 1.165) is 5.56 Å². The molecule has 1 saturated heterocycles. The number of benzene rings is 1. The molecule has 1 aromatic carbocycles. The van der Waals surface area contributed by atoms with E-state index in [4.69, 9.17) is 0 Å². The lowest BCUT2D eigenvalue weighted by Gasteiger charge is -2.05. The van der Waals surface area contributed by atoms with E-state index >= 15 is 0 Å². The summed E-state index contributed by atoms with van der Waals surface area (Å²) in [6.45, 7) is 0. The summed E-state index contributed by atoms with van der Waals surface area (Å²) >= 11 is 0. The van der Waals surface area contributed by atoms with Crippen molar-refractivity contribution in [3.05, 3.63) is 35.9 Å². The minimum atomic E-state index is -0.534. The summed E-state index contributed by atoms with van der Waals surface area (Å²) in [4.78, 5) is 22.0. The van der Waals surface area contributed by atoms with Crippen LogP contribution in [0.2, 0.25) is 0 Å². The summed E-state index contributed by atoms with van der Waals surface area (Å²) in [6.07, 6.45) is 0. The van der Waals surface area contributed by atoms with Crippen LogP contribution in [0, 0.1) is 0 Å². The summed E-state index contributed by atoms with van der Waals surface area (Å²) in [5.41, 5.74) is 0.797. The lowest BCUT2D eigenvalue weighted by Crippen LogP contribution is -2.22. The minimum Gasteiger partial charge on any atom is -0.322 e. The van der Waals surface area contributed by atoms with Crippen molar-refractivity contribution in [3.63, 3.8) is 0 Å². The zero-order valence-corrected chi connectivity index (χ0v) is 6.78. The van der Waals surface area contributed by atoms with Gasteiger partial charge >= 0.3 is 6.03 Å². The van der Waals surface area contributed by atoms with Gasteiger partial charge in [0.25, 0.3) is 5.91 Å². The Hall–Kier alpha value is -1.84. The van der Waals surface area contributed by atoms with Crippen LogP contribution < -0.4 is 10.6 Å². The molecule has 0 spiro atoms. The molecule has 66 valence electrons. The molecular formula is C9H8N2O2. The van der Waals surface area contributed by atoms with Crippen molar-refractivity contribution >= 4 is 11.9 Å². The molecule has 1 heterocycles. The molecule has 1 fully saturated rings. The molecule has 1 aliphatic rings. The highest BCUT2D eigenvalue weighted by molar-refractivity contribution is 6.04. The first-order chi connectivity index (χ1) is 6.27. The highest BCUT2D eigenvalue weighted by Gasteiger charge is 2.30. The van der Waals surface area contributed by atoms with E-state index in [1.807, 2.05) is 18.2 Å². The van der Waals surface area contributed by atoms with Crippen molar-refractivity contribution in [1.82, 2.24) is 10.6 Å². The molecular weight excluding hydrogens is 167 g/mol. The van der Waals surface area contributed by atoms with Crippen LogP contribution >= 0.6 is 0 Å². The fraction of sp³-hybridized carbons (Fsp3) is 0.111. The second-order valence-corrected chi connectivity index (χ2v) is 2.81. The van der Waals surface area contributed by atoms with E-state index in [1.54, 1.807) is 12.1 Å². The Bertz CT molecular complexity index is 348. The number of rotatable bonds is 1. The molecule has 1 aromatic rings. The minimum absolute atomic E-state index is 0.295. The smallest absolute Gasteiger partial charge is 0.322 e. The molecule has 0 aliphatic carbocycles. The summed E-state index contributed by atoms with van der Waals surface area (Å²) in [5, 5.41) is 4.70. The zero-order chi connectivity index (χ0) is 9.26. The molecule has 4 nitrogen and oxygen atoms in total. The zero-order valence-electron chi connectivity index (χ0n) is 6.78. The van der Waals surface area contributed by atoms with Crippen molar-refractivity contribution in [1.29, 1.82) is 0 Å². The van der Waals surface area contributed by atoms with E-state index < -0.39 is 12.1 Å². The van der Waals surface area contributed by atoms with Gasteiger partial charge in [0.05, 0.1) is 0 Å². The monoisotopic (exact) mass is 175 g/mol. The van der Waals surface area contributed by atoms with Gasteiger partial charge in [-0.15, -0.1) is 0 Å². The number of hydrogen-bond donors (Lipinski definition) is 2. The molecule has 13 heavy (non-hydrogen) atoms. The van der Waals surface area contributed by atoms with Crippen LogP contribution in [0.5, 0.6) is 0 Å². The predicted octanol–water partition coefficient (Wildman–Crippen LogP) is 0.567. The van der Waals surface area contributed by atoms with Crippen LogP contribution in [0.25, 0.3) is 0 Å². The van der Waals surface area contributed by atoms with Crippen LogP contribution in [-0.4, -0.2) is 11.9 Å². The fourth-order valence-electron chi connectivity index (χ4n) is 1.30. The number of carbonyl (C=O) groups is 2. The number of amides is 3. The van der Waals surface area contributed by atoms with E-state index in [0.29, 0.717) is 0 Å². The Labute approximate surface area is 74.9 Å². The maximum Gasteiger partial charge on any atom is 0.322 e. The van der Waals surface area contributed by atoms with E-state index in [9.17, 15) is 9.59 Å². The second kappa shape index (κ2) is 2.90. The topological polar surface area (TPSA) is 58.2 Å². The number of urea groups is 1. The lowest BCUT2D eigenvalue weighted by atomic mass is 9.85. The van der Waals surface area contributed by atoms with Gasteiger partial charge in [-0.2, -0.15) is 0 Å². The standard InChI is InChI=1S/C9H8N2O2/c12-8-7(10-9(13)11-8)6-4-2-1-3-5-6/h1-5,7H,(H2,10,11,12,13)/i8-1. The van der Waals surface area contributed by atoms with Crippen LogP contribution in [0.15, 0.2) is 30.3 Å². The SMILES string of the molecule is O=C1NC(c2ccccc2)[11C](=O)N1. The predicted molar refractivity (Wildman–Crippen MR) is 45.9 cm³/mol. The fourth-order valence-corrected chi connectivity index (χ4v) is 1.30. The van der Waals surface area contributed by atoms with Crippen molar-refractivity contribution in [2.24, 2.45) is 0 Å².